The van der Waals surface area contributed by atoms with Gasteiger partial charge in [0.15, 0.2) is 0 Å². The van der Waals surface area contributed by atoms with Crippen LogP contribution in [0.3, 0.4) is 0 Å². The van der Waals surface area contributed by atoms with Gasteiger partial charge in [0, 0.05) is 12.1 Å². The van der Waals surface area contributed by atoms with Crippen molar-refractivity contribution in [1.82, 2.24) is 10.3 Å². The summed E-state index contributed by atoms with van der Waals surface area (Å²) in [5, 5.41) is 4.77. The summed E-state index contributed by atoms with van der Waals surface area (Å²) in [7, 11) is 0. The van der Waals surface area contributed by atoms with Gasteiger partial charge in [-0.3, -0.25) is 9.59 Å². The summed E-state index contributed by atoms with van der Waals surface area (Å²) in [5.41, 5.74) is 5.77. The number of carbonyl (C=O) groups excluding carboxylic acids is 2. The molecule has 162 valence electrons. The average Bonchev–Trinajstić information content (AvgIpc) is 3.17. The second-order valence-corrected chi connectivity index (χ2v) is 9.05. The standard InChI is InChI=1S/C24H19Cl2N3O2S/c25-20-11-6-17(12-21(20)26)13-27-28-23(31)18-7-9-19(10-8-18)24-29(22(30)15-32-24)14-16-4-2-1-3-5-16/h1-13,24H,14-15H2,(H,28,31)/b27-13-/t24-/m1/s1. The highest BCUT2D eigenvalue weighted by atomic mass is 35.5. The number of hydrogen-bond donors (Lipinski definition) is 1. The normalized spacial score (nSPS) is 16.0. The maximum absolute atomic E-state index is 12.4. The van der Waals surface area contributed by atoms with Crippen molar-refractivity contribution in [2.24, 2.45) is 5.10 Å². The van der Waals surface area contributed by atoms with E-state index in [9.17, 15) is 9.59 Å². The minimum atomic E-state index is -0.329. The van der Waals surface area contributed by atoms with Crippen LogP contribution >= 0.6 is 35.0 Å². The van der Waals surface area contributed by atoms with Gasteiger partial charge in [0.25, 0.3) is 5.91 Å². The Hall–Kier alpha value is -2.80. The summed E-state index contributed by atoms with van der Waals surface area (Å²) < 4.78 is 0. The summed E-state index contributed by atoms with van der Waals surface area (Å²) in [5.74, 6) is 0.231. The third-order valence-electron chi connectivity index (χ3n) is 4.95. The molecule has 2 amide bonds. The fourth-order valence-electron chi connectivity index (χ4n) is 3.30. The Kier molecular flexibility index (Phi) is 7.15. The Morgan fingerprint density at radius 1 is 1.06 bits per heavy atom. The lowest BCUT2D eigenvalue weighted by Crippen LogP contribution is -2.27. The van der Waals surface area contributed by atoms with Gasteiger partial charge in [-0.05, 0) is 41.0 Å². The highest BCUT2D eigenvalue weighted by Gasteiger charge is 2.32. The van der Waals surface area contributed by atoms with E-state index in [1.54, 1.807) is 42.1 Å². The van der Waals surface area contributed by atoms with E-state index in [0.717, 1.165) is 16.7 Å². The van der Waals surface area contributed by atoms with Crippen LogP contribution in [-0.2, 0) is 11.3 Å². The minimum absolute atomic E-state index is 0.0764. The Labute approximate surface area is 200 Å². The average molecular weight is 484 g/mol. The molecule has 1 aliphatic heterocycles. The molecule has 0 saturated carbocycles. The van der Waals surface area contributed by atoms with Crippen molar-refractivity contribution >= 4 is 53.0 Å². The van der Waals surface area contributed by atoms with Crippen molar-refractivity contribution < 1.29 is 9.59 Å². The summed E-state index contributed by atoms with van der Waals surface area (Å²) in [6.07, 6.45) is 1.50. The quantitative estimate of drug-likeness (QED) is 0.370. The van der Waals surface area contributed by atoms with E-state index in [-0.39, 0.29) is 17.2 Å². The molecule has 3 aromatic rings. The highest BCUT2D eigenvalue weighted by Crippen LogP contribution is 2.39. The van der Waals surface area contributed by atoms with Gasteiger partial charge >= 0.3 is 0 Å². The molecule has 1 atom stereocenters. The van der Waals surface area contributed by atoms with E-state index >= 15 is 0 Å². The van der Waals surface area contributed by atoms with Gasteiger partial charge in [-0.2, -0.15) is 5.10 Å². The van der Waals surface area contributed by atoms with E-state index in [1.165, 1.54) is 6.21 Å². The number of amides is 2. The minimum Gasteiger partial charge on any atom is -0.322 e. The second-order valence-electron chi connectivity index (χ2n) is 7.17. The molecule has 0 aromatic heterocycles. The summed E-state index contributed by atoms with van der Waals surface area (Å²) >= 11 is 13.5. The van der Waals surface area contributed by atoms with Gasteiger partial charge in [0.2, 0.25) is 5.91 Å². The first-order valence-corrected chi connectivity index (χ1v) is 11.6. The zero-order chi connectivity index (χ0) is 22.5. The number of hydrogen-bond acceptors (Lipinski definition) is 4. The fourth-order valence-corrected chi connectivity index (χ4v) is 4.80. The lowest BCUT2D eigenvalue weighted by Gasteiger charge is -2.24. The van der Waals surface area contributed by atoms with Crippen LogP contribution in [-0.4, -0.2) is 28.7 Å². The first-order chi connectivity index (χ1) is 15.5. The number of benzene rings is 3. The zero-order valence-electron chi connectivity index (χ0n) is 16.9. The molecule has 1 aliphatic rings. The molecule has 3 aromatic carbocycles. The summed E-state index contributed by atoms with van der Waals surface area (Å²) in [6.45, 7) is 0.559. The van der Waals surface area contributed by atoms with Crippen LogP contribution in [0.5, 0.6) is 0 Å². The first kappa shape index (κ1) is 22.4. The monoisotopic (exact) mass is 483 g/mol. The number of nitrogens with zero attached hydrogens (tertiary/aromatic N) is 2. The van der Waals surface area contributed by atoms with Crippen molar-refractivity contribution in [3.8, 4) is 0 Å². The third kappa shape index (κ3) is 5.33. The van der Waals surface area contributed by atoms with Gasteiger partial charge in [0.1, 0.15) is 5.37 Å². The number of thioether (sulfide) groups is 1. The first-order valence-electron chi connectivity index (χ1n) is 9.84. The van der Waals surface area contributed by atoms with E-state index in [2.05, 4.69) is 10.5 Å². The largest absolute Gasteiger partial charge is 0.322 e. The molecule has 1 fully saturated rings. The Morgan fingerprint density at radius 2 is 1.81 bits per heavy atom. The Balaban J connectivity index is 1.40. The highest BCUT2D eigenvalue weighted by molar-refractivity contribution is 8.00. The van der Waals surface area contributed by atoms with Gasteiger partial charge in [-0.1, -0.05) is 71.7 Å². The summed E-state index contributed by atoms with van der Waals surface area (Å²) in [4.78, 5) is 26.7. The molecule has 1 heterocycles. The Bertz CT molecular complexity index is 1150. The van der Waals surface area contributed by atoms with Crippen molar-refractivity contribution in [3.05, 3.63) is 105 Å². The molecule has 1 saturated heterocycles. The maximum atomic E-state index is 12.4. The van der Waals surface area contributed by atoms with Crippen LogP contribution in [0, 0.1) is 0 Å². The van der Waals surface area contributed by atoms with Crippen LogP contribution in [0.1, 0.15) is 32.4 Å². The molecule has 32 heavy (non-hydrogen) atoms. The number of rotatable bonds is 6. The fraction of sp³-hybridized carbons (Fsp3) is 0.125. The third-order valence-corrected chi connectivity index (χ3v) is 6.94. The molecule has 8 heteroatoms. The van der Waals surface area contributed by atoms with Crippen LogP contribution in [0.2, 0.25) is 10.0 Å². The van der Waals surface area contributed by atoms with Crippen molar-refractivity contribution in [2.75, 3.05) is 5.75 Å². The van der Waals surface area contributed by atoms with Crippen molar-refractivity contribution in [3.63, 3.8) is 0 Å². The SMILES string of the molecule is O=C(N/N=C\c1ccc(Cl)c(Cl)c1)c1ccc([C@H]2SCC(=O)N2Cc2ccccc2)cc1. The molecule has 5 nitrogen and oxygen atoms in total. The topological polar surface area (TPSA) is 61.8 Å². The van der Waals surface area contributed by atoms with E-state index < -0.39 is 0 Å². The molecule has 0 aliphatic carbocycles. The van der Waals surface area contributed by atoms with Gasteiger partial charge < -0.3 is 4.90 Å². The Morgan fingerprint density at radius 3 is 2.53 bits per heavy atom. The van der Waals surface area contributed by atoms with E-state index in [0.29, 0.717) is 27.9 Å². The smallest absolute Gasteiger partial charge is 0.271 e. The van der Waals surface area contributed by atoms with Crippen LogP contribution in [0.25, 0.3) is 0 Å². The van der Waals surface area contributed by atoms with E-state index in [4.69, 9.17) is 23.2 Å². The van der Waals surface area contributed by atoms with Gasteiger partial charge in [-0.15, -0.1) is 11.8 Å². The maximum Gasteiger partial charge on any atom is 0.271 e. The lowest BCUT2D eigenvalue weighted by molar-refractivity contribution is -0.128. The van der Waals surface area contributed by atoms with Gasteiger partial charge in [-0.25, -0.2) is 5.43 Å². The molecule has 0 spiro atoms. The molecular weight excluding hydrogens is 465 g/mol. The second kappa shape index (κ2) is 10.2. The lowest BCUT2D eigenvalue weighted by atomic mass is 10.1. The predicted molar refractivity (Wildman–Crippen MR) is 130 cm³/mol. The molecule has 0 unspecified atom stereocenters. The van der Waals surface area contributed by atoms with Crippen LogP contribution in [0.4, 0.5) is 0 Å². The van der Waals surface area contributed by atoms with Crippen molar-refractivity contribution in [2.45, 2.75) is 11.9 Å². The number of nitrogens with one attached hydrogen (secondary N) is 1. The van der Waals surface area contributed by atoms with Gasteiger partial charge in [0.05, 0.1) is 22.0 Å². The summed E-state index contributed by atoms with van der Waals surface area (Å²) in [6, 6.07) is 22.2. The molecule has 0 bridgehead atoms. The zero-order valence-corrected chi connectivity index (χ0v) is 19.2. The van der Waals surface area contributed by atoms with Crippen LogP contribution < -0.4 is 5.43 Å². The van der Waals surface area contributed by atoms with Crippen molar-refractivity contribution in [1.29, 1.82) is 0 Å². The molecular formula is C24H19Cl2N3O2S. The van der Waals surface area contributed by atoms with Crippen LogP contribution in [0.15, 0.2) is 77.9 Å². The molecule has 1 N–H and O–H groups in total. The van der Waals surface area contributed by atoms with E-state index in [1.807, 2.05) is 47.4 Å². The molecule has 4 rings (SSSR count). The number of carbonyl (C=O) groups is 2. The number of halogens is 2. The number of hydrazone groups is 1. The predicted octanol–water partition coefficient (Wildman–Crippen LogP) is 5.53. The molecule has 0 radical (unpaired) electrons.